The summed E-state index contributed by atoms with van der Waals surface area (Å²) in [6.07, 6.45) is 0. The number of ether oxygens (including phenoxy) is 1. The third-order valence-electron chi connectivity index (χ3n) is 2.47. The van der Waals surface area contributed by atoms with Crippen molar-refractivity contribution in [2.24, 2.45) is 0 Å². The Morgan fingerprint density at radius 3 is 2.79 bits per heavy atom. The van der Waals surface area contributed by atoms with Crippen molar-refractivity contribution in [3.05, 3.63) is 28.8 Å². The molecule has 6 heteroatoms. The number of hydrogen-bond acceptors (Lipinski definition) is 3. The minimum atomic E-state index is -0.559. The summed E-state index contributed by atoms with van der Waals surface area (Å²) in [6, 6.07) is 4.62. The van der Waals surface area contributed by atoms with Crippen molar-refractivity contribution in [3.8, 4) is 0 Å². The molecule has 0 bridgehead atoms. The molecule has 0 spiro atoms. The average molecular weight is 282 g/mol. The minimum absolute atomic E-state index is 0.0421. The van der Waals surface area contributed by atoms with Crippen LogP contribution in [-0.2, 0) is 16.1 Å². The maximum absolute atomic E-state index is 13.6. The van der Waals surface area contributed by atoms with Gasteiger partial charge in [-0.1, -0.05) is 6.07 Å². The van der Waals surface area contributed by atoms with E-state index in [1.165, 1.54) is 10.6 Å². The molecule has 0 unspecified atom stereocenters. The molecule has 2 rings (SSSR count). The van der Waals surface area contributed by atoms with E-state index >= 15 is 0 Å². The van der Waals surface area contributed by atoms with E-state index in [0.717, 1.165) is 0 Å². The fourth-order valence-corrected chi connectivity index (χ4v) is 2.07. The first kappa shape index (κ1) is 13.7. The van der Waals surface area contributed by atoms with Crippen LogP contribution in [0.25, 0.3) is 11.0 Å². The first-order valence-electron chi connectivity index (χ1n) is 5.87. The molecule has 1 heterocycles. The van der Waals surface area contributed by atoms with Crippen LogP contribution in [0.2, 0.25) is 0 Å². The van der Waals surface area contributed by atoms with Crippen LogP contribution in [0.5, 0.6) is 0 Å². The van der Waals surface area contributed by atoms with Gasteiger partial charge in [-0.25, -0.2) is 4.39 Å². The normalized spacial score (nSPS) is 11.8. The number of H-pyrrole nitrogens is 1. The number of imidazole rings is 1. The zero-order valence-electron chi connectivity index (χ0n) is 11.0. The number of aromatic nitrogens is 2. The van der Waals surface area contributed by atoms with Crippen LogP contribution in [0.15, 0.2) is 18.2 Å². The van der Waals surface area contributed by atoms with Crippen LogP contribution >= 0.6 is 12.2 Å². The highest BCUT2D eigenvalue weighted by Crippen LogP contribution is 2.18. The fraction of sp³-hybridized carbons (Fsp3) is 0.385. The number of halogens is 1. The summed E-state index contributed by atoms with van der Waals surface area (Å²) < 4.78 is 20.6. The highest BCUT2D eigenvalue weighted by Gasteiger charge is 2.18. The molecule has 0 fully saturated rings. The van der Waals surface area contributed by atoms with Crippen molar-refractivity contribution in [1.82, 2.24) is 9.55 Å². The number of para-hydroxylation sites is 1. The summed E-state index contributed by atoms with van der Waals surface area (Å²) in [5.41, 5.74) is 0.295. The Hall–Kier alpha value is -1.69. The topological polar surface area (TPSA) is 47.0 Å². The first-order valence-corrected chi connectivity index (χ1v) is 6.27. The smallest absolute Gasteiger partial charge is 0.326 e. The lowest BCUT2D eigenvalue weighted by Crippen LogP contribution is -2.26. The van der Waals surface area contributed by atoms with Gasteiger partial charge in [-0.3, -0.25) is 4.79 Å². The third-order valence-corrected chi connectivity index (χ3v) is 2.79. The summed E-state index contributed by atoms with van der Waals surface area (Å²) >= 11 is 5.11. The van der Waals surface area contributed by atoms with Crippen molar-refractivity contribution < 1.29 is 13.9 Å². The largest absolute Gasteiger partial charge is 0.459 e. The summed E-state index contributed by atoms with van der Waals surface area (Å²) in [6.45, 7) is 5.33. The Labute approximate surface area is 115 Å². The van der Waals surface area contributed by atoms with Crippen molar-refractivity contribution in [2.45, 2.75) is 32.9 Å². The Kier molecular flexibility index (Phi) is 3.45. The van der Waals surface area contributed by atoms with Gasteiger partial charge in [0.1, 0.15) is 23.5 Å². The second kappa shape index (κ2) is 4.77. The molecule has 1 aromatic carbocycles. The molecule has 102 valence electrons. The minimum Gasteiger partial charge on any atom is -0.459 e. The second-order valence-electron chi connectivity index (χ2n) is 5.24. The van der Waals surface area contributed by atoms with Crippen LogP contribution in [0.1, 0.15) is 20.8 Å². The fourth-order valence-electron chi connectivity index (χ4n) is 1.81. The number of carbonyl (C=O) groups excluding carboxylic acids is 1. The maximum atomic E-state index is 13.6. The summed E-state index contributed by atoms with van der Waals surface area (Å²) in [5, 5.41) is 0. The van der Waals surface area contributed by atoms with E-state index in [1.54, 1.807) is 32.9 Å². The summed E-state index contributed by atoms with van der Waals surface area (Å²) in [5.74, 6) is -0.805. The van der Waals surface area contributed by atoms with E-state index < -0.39 is 17.4 Å². The van der Waals surface area contributed by atoms with E-state index in [-0.39, 0.29) is 6.54 Å². The van der Waals surface area contributed by atoms with Gasteiger partial charge in [0.25, 0.3) is 0 Å². The average Bonchev–Trinajstić information content (AvgIpc) is 2.55. The predicted molar refractivity (Wildman–Crippen MR) is 72.9 cm³/mol. The molecule has 0 saturated carbocycles. The molecule has 0 aliphatic heterocycles. The van der Waals surface area contributed by atoms with E-state index in [4.69, 9.17) is 17.0 Å². The highest BCUT2D eigenvalue weighted by molar-refractivity contribution is 7.71. The number of esters is 1. The summed E-state index contributed by atoms with van der Waals surface area (Å²) in [4.78, 5) is 14.6. The molecule has 19 heavy (non-hydrogen) atoms. The summed E-state index contributed by atoms with van der Waals surface area (Å²) in [7, 11) is 0. The molecule has 4 nitrogen and oxygen atoms in total. The zero-order chi connectivity index (χ0) is 14.2. The lowest BCUT2D eigenvalue weighted by Gasteiger charge is -2.19. The Bertz CT molecular complexity index is 682. The van der Waals surface area contributed by atoms with Crippen LogP contribution in [0.4, 0.5) is 4.39 Å². The Morgan fingerprint density at radius 1 is 1.47 bits per heavy atom. The van der Waals surface area contributed by atoms with Crippen molar-refractivity contribution >= 4 is 29.2 Å². The lowest BCUT2D eigenvalue weighted by molar-refractivity contribution is -0.155. The van der Waals surface area contributed by atoms with Gasteiger partial charge < -0.3 is 14.3 Å². The lowest BCUT2D eigenvalue weighted by atomic mass is 10.2. The van der Waals surface area contributed by atoms with E-state index in [1.807, 2.05) is 0 Å². The van der Waals surface area contributed by atoms with Gasteiger partial charge in [-0.05, 0) is 45.1 Å². The number of benzene rings is 1. The molecule has 2 aromatic rings. The van der Waals surface area contributed by atoms with Crippen LogP contribution in [0.3, 0.4) is 0 Å². The maximum Gasteiger partial charge on any atom is 0.326 e. The van der Waals surface area contributed by atoms with Gasteiger partial charge in [-0.15, -0.1) is 0 Å². The van der Waals surface area contributed by atoms with Gasteiger partial charge in [0.15, 0.2) is 4.77 Å². The molecular formula is C13H15FN2O2S. The SMILES string of the molecule is CC(C)(C)OC(=O)Cn1c(=S)[nH]c2c(F)cccc21. The molecular weight excluding hydrogens is 267 g/mol. The third kappa shape index (κ3) is 3.01. The van der Waals surface area contributed by atoms with Crippen LogP contribution in [-0.4, -0.2) is 21.1 Å². The van der Waals surface area contributed by atoms with E-state index in [0.29, 0.717) is 15.8 Å². The highest BCUT2D eigenvalue weighted by atomic mass is 32.1. The van der Waals surface area contributed by atoms with E-state index in [2.05, 4.69) is 4.98 Å². The molecule has 1 aromatic heterocycles. The Balaban J connectivity index is 2.36. The van der Waals surface area contributed by atoms with Gasteiger partial charge in [0.05, 0.1) is 5.52 Å². The number of nitrogens with zero attached hydrogens (tertiary/aromatic N) is 1. The second-order valence-corrected chi connectivity index (χ2v) is 5.62. The standard InChI is InChI=1S/C13H15FN2O2S/c1-13(2,3)18-10(17)7-16-9-6-4-5-8(14)11(9)15-12(16)19/h4-6H,7H2,1-3H3,(H,15,19). The van der Waals surface area contributed by atoms with Crippen molar-refractivity contribution in [3.63, 3.8) is 0 Å². The van der Waals surface area contributed by atoms with Crippen molar-refractivity contribution in [2.75, 3.05) is 0 Å². The molecule has 0 aliphatic carbocycles. The molecule has 0 atom stereocenters. The van der Waals surface area contributed by atoms with Crippen LogP contribution < -0.4 is 0 Å². The number of nitrogens with one attached hydrogen (secondary N) is 1. The van der Waals surface area contributed by atoms with Gasteiger partial charge in [0, 0.05) is 0 Å². The molecule has 1 N–H and O–H groups in total. The first-order chi connectivity index (χ1) is 8.78. The predicted octanol–water partition coefficient (Wildman–Crippen LogP) is 3.18. The van der Waals surface area contributed by atoms with Crippen molar-refractivity contribution in [1.29, 1.82) is 0 Å². The monoisotopic (exact) mass is 282 g/mol. The van der Waals surface area contributed by atoms with Crippen LogP contribution in [0, 0.1) is 10.6 Å². The number of hydrogen-bond donors (Lipinski definition) is 1. The van der Waals surface area contributed by atoms with E-state index in [9.17, 15) is 9.18 Å². The number of rotatable bonds is 2. The zero-order valence-corrected chi connectivity index (χ0v) is 11.8. The number of aromatic amines is 1. The molecule has 0 radical (unpaired) electrons. The molecule has 0 aliphatic rings. The van der Waals surface area contributed by atoms with Gasteiger partial charge in [-0.2, -0.15) is 0 Å². The quantitative estimate of drug-likeness (QED) is 0.680. The van der Waals surface area contributed by atoms with Gasteiger partial charge in [0.2, 0.25) is 0 Å². The number of fused-ring (bicyclic) bond motifs is 1. The molecule has 0 amide bonds. The van der Waals surface area contributed by atoms with Gasteiger partial charge >= 0.3 is 5.97 Å². The Morgan fingerprint density at radius 2 is 2.16 bits per heavy atom. The number of carbonyl (C=O) groups is 1. The molecule has 0 saturated heterocycles.